The molecule has 2 aliphatic rings. The second kappa shape index (κ2) is 12.0. The first kappa shape index (κ1) is 27.3. The van der Waals surface area contributed by atoms with Gasteiger partial charge in [-0.2, -0.15) is 0 Å². The van der Waals surface area contributed by atoms with Gasteiger partial charge in [0.2, 0.25) is 18.6 Å². The van der Waals surface area contributed by atoms with E-state index in [1.54, 1.807) is 43.5 Å². The van der Waals surface area contributed by atoms with Crippen LogP contribution in [0, 0.1) is 0 Å². The highest BCUT2D eigenvalue weighted by molar-refractivity contribution is 6.02. The molecule has 0 unspecified atom stereocenters. The summed E-state index contributed by atoms with van der Waals surface area (Å²) in [5.74, 6) is 1.15. The Balaban J connectivity index is 1.44. The van der Waals surface area contributed by atoms with Crippen molar-refractivity contribution in [2.75, 3.05) is 39.1 Å². The Morgan fingerprint density at radius 2 is 1.93 bits per heavy atom. The molecule has 2 amide bonds. The number of nitrogens with zero attached hydrogens (tertiary/aromatic N) is 4. The normalized spacial score (nSPS) is 16.3. The number of hydrogen-bond acceptors (Lipinski definition) is 9. The fraction of sp³-hybridized carbons (Fsp3) is 0.333. The molecule has 2 aliphatic heterocycles. The molecule has 0 aliphatic carbocycles. The zero-order valence-electron chi connectivity index (χ0n) is 23.3. The molecule has 2 atom stereocenters. The Kier molecular flexibility index (Phi) is 7.78. The van der Waals surface area contributed by atoms with Crippen LogP contribution in [-0.4, -0.2) is 67.1 Å². The number of methoxy groups -OCH3 is 2. The van der Waals surface area contributed by atoms with Crippen LogP contribution in [0.1, 0.15) is 24.4 Å². The lowest BCUT2D eigenvalue weighted by Gasteiger charge is -2.32. The van der Waals surface area contributed by atoms with Gasteiger partial charge in [-0.1, -0.05) is 17.3 Å². The molecule has 4 aromatic rings. The van der Waals surface area contributed by atoms with Gasteiger partial charge in [-0.15, -0.1) is 5.10 Å². The number of carbonyl (C=O) groups is 2. The Bertz CT molecular complexity index is 1600. The Morgan fingerprint density at radius 3 is 2.74 bits per heavy atom. The minimum atomic E-state index is -1.13. The van der Waals surface area contributed by atoms with Crippen molar-refractivity contribution in [2.24, 2.45) is 0 Å². The number of hydrogen-bond donors (Lipinski definition) is 1. The molecule has 6 rings (SSSR count). The number of ether oxygens (including phenoxy) is 5. The number of amides is 2. The third kappa shape index (κ3) is 5.40. The molecule has 0 bridgehead atoms. The highest BCUT2D eigenvalue weighted by atomic mass is 16.7. The zero-order chi connectivity index (χ0) is 29.1. The summed E-state index contributed by atoms with van der Waals surface area (Å²) in [7, 11) is 3.05. The van der Waals surface area contributed by atoms with Gasteiger partial charge >= 0.3 is 0 Å². The van der Waals surface area contributed by atoms with Crippen LogP contribution in [0.3, 0.4) is 0 Å². The number of para-hydroxylation sites is 1. The van der Waals surface area contributed by atoms with Crippen LogP contribution in [0.4, 0.5) is 5.69 Å². The third-order valence-electron chi connectivity index (χ3n) is 7.38. The van der Waals surface area contributed by atoms with E-state index in [1.165, 1.54) is 16.7 Å². The molecule has 218 valence electrons. The number of nitrogens with one attached hydrogen (secondary N) is 1. The van der Waals surface area contributed by atoms with Gasteiger partial charge in [0.05, 0.1) is 25.8 Å². The first-order chi connectivity index (χ1) is 20.6. The largest absolute Gasteiger partial charge is 0.497 e. The van der Waals surface area contributed by atoms with E-state index in [2.05, 4.69) is 15.6 Å². The predicted octanol–water partition coefficient (Wildman–Crippen LogP) is 3.25. The molecule has 0 saturated carbocycles. The zero-order valence-corrected chi connectivity index (χ0v) is 23.3. The summed E-state index contributed by atoms with van der Waals surface area (Å²) in [6, 6.07) is 16.5. The fourth-order valence-corrected chi connectivity index (χ4v) is 5.27. The Labute approximate surface area is 242 Å². The summed E-state index contributed by atoms with van der Waals surface area (Å²) in [5, 5.41) is 11.4. The molecule has 3 aromatic carbocycles. The number of rotatable bonds is 10. The van der Waals surface area contributed by atoms with Crippen LogP contribution >= 0.6 is 0 Å². The maximum absolute atomic E-state index is 14.4. The van der Waals surface area contributed by atoms with Crippen molar-refractivity contribution in [1.29, 1.82) is 0 Å². The van der Waals surface area contributed by atoms with Crippen LogP contribution in [-0.2, 0) is 20.9 Å². The molecule has 1 N–H and O–H groups in total. The fourth-order valence-electron chi connectivity index (χ4n) is 5.27. The van der Waals surface area contributed by atoms with Crippen LogP contribution in [0.25, 0.3) is 11.0 Å². The SMILES string of the molecule is COc1ccc([C@@H](C(=O)NC[C@@H]2CCCO2)N(C(=O)Cn2nnc3ccccc32)c2ccc3c(c2)OCO3)c(OC)c1. The van der Waals surface area contributed by atoms with E-state index in [1.807, 2.05) is 24.3 Å². The smallest absolute Gasteiger partial charge is 0.249 e. The van der Waals surface area contributed by atoms with Crippen molar-refractivity contribution in [3.05, 3.63) is 66.2 Å². The van der Waals surface area contributed by atoms with Crippen LogP contribution in [0.15, 0.2) is 60.7 Å². The molecule has 0 spiro atoms. The van der Waals surface area contributed by atoms with Crippen LogP contribution in [0.2, 0.25) is 0 Å². The third-order valence-corrected chi connectivity index (χ3v) is 7.38. The summed E-state index contributed by atoms with van der Waals surface area (Å²) < 4.78 is 29.5. The molecule has 12 heteroatoms. The highest BCUT2D eigenvalue weighted by Crippen LogP contribution is 2.40. The van der Waals surface area contributed by atoms with Gasteiger partial charge in [-0.3, -0.25) is 14.5 Å². The summed E-state index contributed by atoms with van der Waals surface area (Å²) in [6.07, 6.45) is 1.69. The average molecular weight is 574 g/mol. The number of aromatic nitrogens is 3. The lowest BCUT2D eigenvalue weighted by molar-refractivity contribution is -0.127. The van der Waals surface area contributed by atoms with Gasteiger partial charge in [0.25, 0.3) is 0 Å². The van der Waals surface area contributed by atoms with Crippen molar-refractivity contribution in [1.82, 2.24) is 20.3 Å². The Hall–Kier alpha value is -4.84. The maximum atomic E-state index is 14.4. The number of fused-ring (bicyclic) bond motifs is 2. The monoisotopic (exact) mass is 573 g/mol. The molecular formula is C30H31N5O7. The van der Waals surface area contributed by atoms with Crippen molar-refractivity contribution in [3.63, 3.8) is 0 Å². The molecule has 1 saturated heterocycles. The van der Waals surface area contributed by atoms with Gasteiger partial charge in [-0.05, 0) is 49.2 Å². The minimum absolute atomic E-state index is 0.0648. The number of benzene rings is 3. The Morgan fingerprint density at radius 1 is 1.07 bits per heavy atom. The van der Waals surface area contributed by atoms with Crippen molar-refractivity contribution >= 4 is 28.5 Å². The summed E-state index contributed by atoms with van der Waals surface area (Å²) in [4.78, 5) is 29.9. The van der Waals surface area contributed by atoms with E-state index in [0.29, 0.717) is 58.4 Å². The second-order valence-corrected chi connectivity index (χ2v) is 9.93. The number of carbonyl (C=O) groups excluding carboxylic acids is 2. The molecule has 3 heterocycles. The van der Waals surface area contributed by atoms with Gasteiger partial charge in [-0.25, -0.2) is 4.68 Å². The molecule has 1 aromatic heterocycles. The average Bonchev–Trinajstić information content (AvgIpc) is 3.80. The van der Waals surface area contributed by atoms with Gasteiger partial charge < -0.3 is 29.0 Å². The van der Waals surface area contributed by atoms with Crippen LogP contribution < -0.4 is 29.2 Å². The first-order valence-electron chi connectivity index (χ1n) is 13.7. The van der Waals surface area contributed by atoms with E-state index in [0.717, 1.165) is 12.8 Å². The van der Waals surface area contributed by atoms with E-state index in [4.69, 9.17) is 23.7 Å². The second-order valence-electron chi connectivity index (χ2n) is 9.93. The summed E-state index contributed by atoms with van der Waals surface area (Å²) in [6.45, 7) is 0.854. The van der Waals surface area contributed by atoms with Crippen LogP contribution in [0.5, 0.6) is 23.0 Å². The highest BCUT2D eigenvalue weighted by Gasteiger charge is 2.36. The quantitative estimate of drug-likeness (QED) is 0.304. The first-order valence-corrected chi connectivity index (χ1v) is 13.7. The van der Waals surface area contributed by atoms with Gasteiger partial charge in [0.15, 0.2) is 11.5 Å². The van der Waals surface area contributed by atoms with Crippen molar-refractivity contribution in [2.45, 2.75) is 31.5 Å². The minimum Gasteiger partial charge on any atom is -0.497 e. The van der Waals surface area contributed by atoms with E-state index < -0.39 is 17.9 Å². The molecule has 42 heavy (non-hydrogen) atoms. The summed E-state index contributed by atoms with van der Waals surface area (Å²) >= 11 is 0. The number of anilines is 1. The van der Waals surface area contributed by atoms with Gasteiger partial charge in [0, 0.05) is 36.5 Å². The summed E-state index contributed by atoms with van der Waals surface area (Å²) in [5.41, 5.74) is 2.25. The molecular weight excluding hydrogens is 542 g/mol. The van der Waals surface area contributed by atoms with E-state index in [9.17, 15) is 9.59 Å². The molecule has 0 radical (unpaired) electrons. The van der Waals surface area contributed by atoms with Crippen molar-refractivity contribution in [3.8, 4) is 23.0 Å². The lowest BCUT2D eigenvalue weighted by Crippen LogP contribution is -2.46. The van der Waals surface area contributed by atoms with E-state index >= 15 is 0 Å². The topological polar surface area (TPSA) is 126 Å². The maximum Gasteiger partial charge on any atom is 0.249 e. The molecule has 1 fully saturated rings. The van der Waals surface area contributed by atoms with Gasteiger partial charge in [0.1, 0.15) is 29.6 Å². The van der Waals surface area contributed by atoms with Crippen molar-refractivity contribution < 1.29 is 33.3 Å². The molecule has 12 nitrogen and oxygen atoms in total. The predicted molar refractivity (Wildman–Crippen MR) is 152 cm³/mol. The standard InChI is InChI=1S/C30H31N5O7/c1-38-20-10-11-22(26(15-20)39-2)29(30(37)31-16-21-6-5-13-40-21)35(19-9-12-25-27(14-19)42-18-41-25)28(36)17-34-24-8-4-3-7-23(24)32-33-34/h3-4,7-12,14-15,21,29H,5-6,13,16-18H2,1-2H3,(H,31,37)/t21-,29-/m0/s1. The van der Waals surface area contributed by atoms with E-state index in [-0.39, 0.29) is 19.4 Å². The lowest BCUT2D eigenvalue weighted by atomic mass is 10.0.